The molecule has 1 spiro atoms. The Morgan fingerprint density at radius 1 is 0.852 bits per heavy atom. The first-order valence-corrected chi connectivity index (χ1v) is 20.1. The molecule has 4 atom stereocenters. The van der Waals surface area contributed by atoms with E-state index < -0.39 is 13.3 Å². The first-order chi connectivity index (χ1) is 25.9. The molecule has 1 N–H and O–H groups in total. The molecule has 1 saturated heterocycles. The molecule has 0 bridgehead atoms. The summed E-state index contributed by atoms with van der Waals surface area (Å²) in [6.45, 7) is 5.44. The number of nitrogens with zero attached hydrogens (tertiary/aromatic N) is 1. The van der Waals surface area contributed by atoms with Crippen LogP contribution in [0.4, 0.5) is 5.69 Å². The number of carbonyl (C=O) groups is 2. The largest absolute Gasteiger partial charge is 2.00 e. The number of methoxy groups -OCH3 is 2. The zero-order chi connectivity index (χ0) is 37.0. The first kappa shape index (κ1) is 40.7. The second-order valence-corrected chi connectivity index (χ2v) is 16.5. The number of esters is 2. The Bertz CT molecular complexity index is 1720. The van der Waals surface area contributed by atoms with Gasteiger partial charge >= 0.3 is 29.0 Å². The fourth-order valence-electron chi connectivity index (χ4n) is 9.47. The number of rotatable bonds is 10. The fraction of sp³-hybridized carbons (Fsp3) is 0.304. The second kappa shape index (κ2) is 17.9. The van der Waals surface area contributed by atoms with Crippen LogP contribution in [0.25, 0.3) is 0 Å². The van der Waals surface area contributed by atoms with Crippen molar-refractivity contribution in [2.24, 2.45) is 5.41 Å². The maximum absolute atomic E-state index is 13.6. The third kappa shape index (κ3) is 7.48. The van der Waals surface area contributed by atoms with Crippen LogP contribution < -0.4 is 15.9 Å². The first-order valence-electron chi connectivity index (χ1n) is 18.7. The molecule has 0 unspecified atom stereocenters. The standard InChI is InChI=1S/C41H44N2O4P.C5H5.Fe/c1-5-40(24-23-36(44)46-3)27-32(38(45)47-4)37-41(33-20-12-13-21-34(33)42-37)25-26-43(39(40)41)28(2)31-19-14-22-35(31)48(29-15-8-6-9-16-29)30-17-10-7-11-18-30;1-2-4-5-3-1;/h6-22,28,39,42H,5,23-27H2,1-4H3;1-5H;/q;;+2/t28-,39+,40+,41+;;/m0../s1. The predicted octanol–water partition coefficient (Wildman–Crippen LogP) is 7.88. The maximum atomic E-state index is 13.6. The van der Waals surface area contributed by atoms with Crippen molar-refractivity contribution in [3.63, 3.8) is 0 Å². The summed E-state index contributed by atoms with van der Waals surface area (Å²) in [5, 5.41) is 6.39. The average Bonchev–Trinajstić information content (AvgIpc) is 4.05. The summed E-state index contributed by atoms with van der Waals surface area (Å²) in [5.41, 5.74) is 4.54. The number of anilines is 1. The summed E-state index contributed by atoms with van der Waals surface area (Å²) in [4.78, 5) is 29.1. The Kier molecular flexibility index (Phi) is 13.5. The number of carbonyl (C=O) groups excluding carboxylic acids is 2. The molecule has 6 nitrogen and oxygen atoms in total. The van der Waals surface area contributed by atoms with Crippen LogP contribution in [0.15, 0.2) is 96.2 Å². The van der Waals surface area contributed by atoms with Gasteiger partial charge in [0.1, 0.15) is 0 Å². The minimum absolute atomic E-state index is 0. The Morgan fingerprint density at radius 2 is 1.46 bits per heavy atom. The number of para-hydroxylation sites is 1. The van der Waals surface area contributed by atoms with E-state index in [1.165, 1.54) is 42.0 Å². The van der Waals surface area contributed by atoms with Gasteiger partial charge in [-0.1, -0.05) is 85.8 Å². The number of likely N-dealkylation sites (tertiary alicyclic amines) is 1. The van der Waals surface area contributed by atoms with Crippen LogP contribution in [0.1, 0.15) is 51.5 Å². The van der Waals surface area contributed by atoms with Gasteiger partial charge in [-0.3, -0.25) is 9.69 Å². The van der Waals surface area contributed by atoms with Crippen molar-refractivity contribution in [2.75, 3.05) is 26.1 Å². The smallest absolute Gasteiger partial charge is 0.469 e. The van der Waals surface area contributed by atoms with Gasteiger partial charge < -0.3 is 14.8 Å². The van der Waals surface area contributed by atoms with E-state index in [1.54, 1.807) is 0 Å². The zero-order valence-electron chi connectivity index (χ0n) is 31.5. The Balaban J connectivity index is 0.000000767. The molecule has 3 aromatic carbocycles. The van der Waals surface area contributed by atoms with Gasteiger partial charge in [0, 0.05) is 48.0 Å². The molecule has 2 aliphatic heterocycles. The molecule has 8 rings (SSSR count). The van der Waals surface area contributed by atoms with Crippen LogP contribution in [0.3, 0.4) is 0 Å². The van der Waals surface area contributed by atoms with Crippen LogP contribution in [0, 0.1) is 68.4 Å². The van der Waals surface area contributed by atoms with Crippen LogP contribution in [-0.4, -0.2) is 49.7 Å². The second-order valence-electron chi connectivity index (χ2n) is 14.4. The van der Waals surface area contributed by atoms with Gasteiger partial charge in [0.15, 0.2) is 0 Å². The zero-order valence-corrected chi connectivity index (χ0v) is 33.5. The fourth-order valence-corrected chi connectivity index (χ4v) is 12.0. The van der Waals surface area contributed by atoms with Crippen LogP contribution in [0.2, 0.25) is 0 Å². The number of fused-ring (bicyclic) bond motifs is 1. The van der Waals surface area contributed by atoms with Crippen molar-refractivity contribution in [3.05, 3.63) is 165 Å². The summed E-state index contributed by atoms with van der Waals surface area (Å²) in [6.07, 6.45) is 20.0. The Morgan fingerprint density at radius 3 is 2.06 bits per heavy atom. The van der Waals surface area contributed by atoms with E-state index >= 15 is 0 Å². The van der Waals surface area contributed by atoms with E-state index in [9.17, 15) is 9.59 Å². The number of benzene rings is 3. The number of hydrogen-bond acceptors (Lipinski definition) is 6. The molecular formula is C46H49FeN2O4P+2. The van der Waals surface area contributed by atoms with E-state index in [1.807, 2.05) is 32.1 Å². The molecule has 3 aromatic rings. The van der Waals surface area contributed by atoms with Gasteiger partial charge in [-0.05, 0) is 120 Å². The molecule has 8 heteroatoms. The quantitative estimate of drug-likeness (QED) is 0.128. The molecule has 0 aromatic heterocycles. The molecule has 3 aliphatic carbocycles. The third-order valence-corrected chi connectivity index (χ3v) is 14.4. The summed E-state index contributed by atoms with van der Waals surface area (Å²) in [6, 6.07) is 30.4. The average molecular weight is 781 g/mol. The van der Waals surface area contributed by atoms with Crippen LogP contribution in [0.5, 0.6) is 0 Å². The van der Waals surface area contributed by atoms with Crippen LogP contribution >= 0.6 is 7.92 Å². The molecule has 278 valence electrons. The summed E-state index contributed by atoms with van der Waals surface area (Å²) >= 11 is 0. The third-order valence-electron chi connectivity index (χ3n) is 11.9. The SMILES string of the molecule is CC[C@@]1(CCC(=O)OC)CC(C(=O)OC)=C2Nc3ccccc3[C@]23CCN([C@@H](C)[C]2[CH][CH][CH][C]2P(c2ccccc2)c2ccccc2)[C@H]13.[CH]1[CH][CH][CH][CH]1.[Fe+2]. The van der Waals surface area contributed by atoms with Crippen molar-refractivity contribution in [1.29, 1.82) is 0 Å². The van der Waals surface area contributed by atoms with Gasteiger partial charge in [0.2, 0.25) is 0 Å². The molecule has 3 fully saturated rings. The summed E-state index contributed by atoms with van der Waals surface area (Å²) in [7, 11) is 2.14. The molecule has 5 aliphatic rings. The predicted molar refractivity (Wildman–Crippen MR) is 214 cm³/mol. The summed E-state index contributed by atoms with van der Waals surface area (Å²) in [5.74, 6) is 0.830. The molecule has 54 heavy (non-hydrogen) atoms. The van der Waals surface area contributed by atoms with Gasteiger partial charge in [-0.2, -0.15) is 0 Å². The van der Waals surface area contributed by atoms with Gasteiger partial charge in [0.25, 0.3) is 0 Å². The van der Waals surface area contributed by atoms with Gasteiger partial charge in [-0.15, -0.1) is 0 Å². The van der Waals surface area contributed by atoms with E-state index in [2.05, 4.69) is 128 Å². The number of hydrogen-bond donors (Lipinski definition) is 1. The Labute approximate surface area is 335 Å². The van der Waals surface area contributed by atoms with Crippen molar-refractivity contribution in [1.82, 2.24) is 4.90 Å². The maximum Gasteiger partial charge on any atom is 2.00 e. The van der Waals surface area contributed by atoms with Crippen molar-refractivity contribution >= 4 is 36.2 Å². The normalized spacial score (nSPS) is 25.5. The van der Waals surface area contributed by atoms with E-state index in [-0.39, 0.29) is 46.5 Å². The topological polar surface area (TPSA) is 67.9 Å². The molecule has 2 saturated carbocycles. The van der Waals surface area contributed by atoms with Gasteiger partial charge in [0.05, 0.1) is 25.2 Å². The minimum atomic E-state index is -0.785. The number of nitrogens with one attached hydrogen (secondary N) is 1. The molecule has 2 heterocycles. The van der Waals surface area contributed by atoms with Gasteiger partial charge in [-0.25, -0.2) is 4.79 Å². The van der Waals surface area contributed by atoms with Crippen molar-refractivity contribution in [2.45, 2.75) is 63.5 Å². The minimum Gasteiger partial charge on any atom is -0.469 e. The van der Waals surface area contributed by atoms with Crippen LogP contribution in [-0.2, 0) is 41.5 Å². The van der Waals surface area contributed by atoms with E-state index in [0.29, 0.717) is 24.8 Å². The van der Waals surface area contributed by atoms with E-state index in [0.717, 1.165) is 30.8 Å². The van der Waals surface area contributed by atoms with Crippen molar-refractivity contribution < 1.29 is 36.1 Å². The Hall–Kier alpha value is -2.95. The molecular weight excluding hydrogens is 731 g/mol. The van der Waals surface area contributed by atoms with E-state index in [4.69, 9.17) is 9.47 Å². The summed E-state index contributed by atoms with van der Waals surface area (Å²) < 4.78 is 10.6. The molecule has 0 amide bonds. The number of ether oxygens (including phenoxy) is 2. The monoisotopic (exact) mass is 780 g/mol. The van der Waals surface area contributed by atoms with Crippen molar-refractivity contribution in [3.8, 4) is 0 Å². The molecule has 10 radical (unpaired) electrons.